The zero-order chi connectivity index (χ0) is 11.0. The minimum Gasteiger partial charge on any atom is -0.395 e. The maximum Gasteiger partial charge on any atom is 0.129 e. The van der Waals surface area contributed by atoms with Crippen LogP contribution in [0.3, 0.4) is 0 Å². The van der Waals surface area contributed by atoms with Crippen LogP contribution in [0, 0.1) is 0 Å². The maximum absolute atomic E-state index is 9.10. The van der Waals surface area contributed by atoms with Crippen molar-refractivity contribution < 1.29 is 5.11 Å². The normalized spacial score (nSPS) is 18.6. The third kappa shape index (κ3) is 1.80. The van der Waals surface area contributed by atoms with Crippen LogP contribution in [0.15, 0.2) is 12.1 Å². The van der Waals surface area contributed by atoms with Crippen molar-refractivity contribution >= 4 is 5.82 Å². The lowest BCUT2D eigenvalue weighted by Gasteiger charge is -2.23. The van der Waals surface area contributed by atoms with Crippen LogP contribution < -0.4 is 4.90 Å². The summed E-state index contributed by atoms with van der Waals surface area (Å²) in [6.07, 6.45) is 6.06. The molecule has 0 spiro atoms. The number of nitrogens with zero attached hydrogens (tertiary/aromatic N) is 2. The lowest BCUT2D eigenvalue weighted by Crippen LogP contribution is -2.29. The molecule has 0 aliphatic heterocycles. The Morgan fingerprint density at radius 2 is 2.19 bits per heavy atom. The number of fused-ring (bicyclic) bond motifs is 1. The molecule has 1 N–H and O–H groups in total. The molecule has 3 nitrogen and oxygen atoms in total. The van der Waals surface area contributed by atoms with Crippen molar-refractivity contribution in [3.63, 3.8) is 0 Å². The predicted molar refractivity (Wildman–Crippen MR) is 63.7 cm³/mol. The third-order valence-corrected chi connectivity index (χ3v) is 3.54. The molecule has 0 atom stereocenters. The first kappa shape index (κ1) is 10.1. The van der Waals surface area contributed by atoms with E-state index in [9.17, 15) is 0 Å². The van der Waals surface area contributed by atoms with Gasteiger partial charge in [-0.3, -0.25) is 0 Å². The van der Waals surface area contributed by atoms with Crippen LogP contribution in [-0.2, 0) is 12.8 Å². The highest BCUT2D eigenvalue weighted by Gasteiger charge is 2.30. The fraction of sp³-hybridized carbons (Fsp3) is 0.615. The molecule has 0 amide bonds. The molecule has 3 rings (SSSR count). The van der Waals surface area contributed by atoms with Gasteiger partial charge in [0.05, 0.1) is 6.61 Å². The van der Waals surface area contributed by atoms with Gasteiger partial charge in [-0.05, 0) is 43.7 Å². The predicted octanol–water partition coefficient (Wildman–Crippen LogP) is 1.53. The minimum absolute atomic E-state index is 0.218. The van der Waals surface area contributed by atoms with E-state index in [0.29, 0.717) is 6.04 Å². The molecule has 16 heavy (non-hydrogen) atoms. The summed E-state index contributed by atoms with van der Waals surface area (Å²) in [7, 11) is 0. The zero-order valence-corrected chi connectivity index (χ0v) is 9.52. The molecule has 2 aliphatic carbocycles. The number of aliphatic hydroxyl groups is 1. The lowest BCUT2D eigenvalue weighted by molar-refractivity contribution is 0.301. The van der Waals surface area contributed by atoms with Crippen molar-refractivity contribution in [2.75, 3.05) is 18.1 Å². The van der Waals surface area contributed by atoms with Gasteiger partial charge in [-0.25, -0.2) is 4.98 Å². The number of pyridine rings is 1. The fourth-order valence-corrected chi connectivity index (χ4v) is 2.55. The van der Waals surface area contributed by atoms with E-state index < -0.39 is 0 Å². The van der Waals surface area contributed by atoms with Gasteiger partial charge >= 0.3 is 0 Å². The summed E-state index contributed by atoms with van der Waals surface area (Å²) in [5.74, 6) is 1.07. The molecule has 1 fully saturated rings. The van der Waals surface area contributed by atoms with Crippen LogP contribution in [0.25, 0.3) is 0 Å². The second kappa shape index (κ2) is 4.06. The summed E-state index contributed by atoms with van der Waals surface area (Å²) >= 11 is 0. The van der Waals surface area contributed by atoms with Crippen molar-refractivity contribution in [2.45, 2.75) is 38.1 Å². The molecule has 1 aromatic heterocycles. The van der Waals surface area contributed by atoms with Gasteiger partial charge in [0.25, 0.3) is 0 Å². The Morgan fingerprint density at radius 3 is 2.94 bits per heavy atom. The number of aliphatic hydroxyl groups excluding tert-OH is 1. The van der Waals surface area contributed by atoms with E-state index in [1.54, 1.807) is 0 Å². The van der Waals surface area contributed by atoms with Gasteiger partial charge in [0, 0.05) is 18.3 Å². The number of aromatic nitrogens is 1. The van der Waals surface area contributed by atoms with E-state index in [1.807, 2.05) is 0 Å². The lowest BCUT2D eigenvalue weighted by atomic mass is 10.2. The second-order valence-corrected chi connectivity index (χ2v) is 4.78. The monoisotopic (exact) mass is 218 g/mol. The second-order valence-electron chi connectivity index (χ2n) is 4.78. The van der Waals surface area contributed by atoms with Gasteiger partial charge < -0.3 is 10.0 Å². The molecule has 0 radical (unpaired) electrons. The SMILES string of the molecule is OCCN(c1ccc2c(n1)CCC2)C1CC1. The number of hydrogen-bond donors (Lipinski definition) is 1. The maximum atomic E-state index is 9.10. The Hall–Kier alpha value is -1.09. The molecular weight excluding hydrogens is 200 g/mol. The Morgan fingerprint density at radius 1 is 1.31 bits per heavy atom. The molecule has 1 saturated carbocycles. The Kier molecular flexibility index (Phi) is 2.56. The minimum atomic E-state index is 0.218. The smallest absolute Gasteiger partial charge is 0.129 e. The van der Waals surface area contributed by atoms with Crippen molar-refractivity contribution in [1.29, 1.82) is 0 Å². The van der Waals surface area contributed by atoms with Gasteiger partial charge in [0.1, 0.15) is 5.82 Å². The standard InChI is InChI=1S/C13H18N2O/c16-9-8-15(11-5-6-11)13-7-4-10-2-1-3-12(10)14-13/h4,7,11,16H,1-3,5-6,8-9H2. The van der Waals surface area contributed by atoms with Gasteiger partial charge in [0.2, 0.25) is 0 Å². The van der Waals surface area contributed by atoms with Crippen LogP contribution in [0.5, 0.6) is 0 Å². The largest absolute Gasteiger partial charge is 0.395 e. The fourth-order valence-electron chi connectivity index (χ4n) is 2.55. The molecule has 3 heteroatoms. The summed E-state index contributed by atoms with van der Waals surface area (Å²) in [5.41, 5.74) is 2.70. The van der Waals surface area contributed by atoms with Crippen LogP contribution in [0.2, 0.25) is 0 Å². The van der Waals surface area contributed by atoms with Crippen LogP contribution >= 0.6 is 0 Å². The highest BCUT2D eigenvalue weighted by atomic mass is 16.3. The number of anilines is 1. The first-order valence-corrected chi connectivity index (χ1v) is 6.25. The zero-order valence-electron chi connectivity index (χ0n) is 9.52. The van der Waals surface area contributed by atoms with E-state index in [1.165, 1.54) is 36.9 Å². The highest BCUT2D eigenvalue weighted by molar-refractivity contribution is 5.45. The Bertz CT molecular complexity index is 388. The summed E-state index contributed by atoms with van der Waals surface area (Å²) < 4.78 is 0. The van der Waals surface area contributed by atoms with E-state index in [-0.39, 0.29) is 6.61 Å². The van der Waals surface area contributed by atoms with Crippen molar-refractivity contribution in [3.8, 4) is 0 Å². The molecular formula is C13H18N2O. The first-order chi connectivity index (χ1) is 7.88. The average Bonchev–Trinajstić information content (AvgIpc) is 3.03. The van der Waals surface area contributed by atoms with Gasteiger partial charge in [0.15, 0.2) is 0 Å². The Balaban J connectivity index is 1.86. The van der Waals surface area contributed by atoms with Crippen molar-refractivity contribution in [3.05, 3.63) is 23.4 Å². The van der Waals surface area contributed by atoms with Gasteiger partial charge in [-0.2, -0.15) is 0 Å². The third-order valence-electron chi connectivity index (χ3n) is 3.54. The van der Waals surface area contributed by atoms with Crippen molar-refractivity contribution in [1.82, 2.24) is 4.98 Å². The number of hydrogen-bond acceptors (Lipinski definition) is 3. The molecule has 86 valence electrons. The molecule has 0 bridgehead atoms. The summed E-state index contributed by atoms with van der Waals surface area (Å²) in [6.45, 7) is 0.936. The summed E-state index contributed by atoms with van der Waals surface area (Å²) in [6, 6.07) is 4.97. The molecule has 0 unspecified atom stereocenters. The van der Waals surface area contributed by atoms with E-state index in [2.05, 4.69) is 17.0 Å². The van der Waals surface area contributed by atoms with Gasteiger partial charge in [-0.15, -0.1) is 0 Å². The molecule has 1 heterocycles. The van der Waals surface area contributed by atoms with Crippen LogP contribution in [-0.4, -0.2) is 29.3 Å². The summed E-state index contributed by atoms with van der Waals surface area (Å²) in [4.78, 5) is 7.01. The van der Waals surface area contributed by atoms with E-state index in [0.717, 1.165) is 18.8 Å². The summed E-state index contributed by atoms with van der Waals surface area (Å²) in [5, 5.41) is 9.10. The highest BCUT2D eigenvalue weighted by Crippen LogP contribution is 2.31. The van der Waals surface area contributed by atoms with E-state index in [4.69, 9.17) is 10.1 Å². The first-order valence-electron chi connectivity index (χ1n) is 6.25. The molecule has 0 saturated heterocycles. The quantitative estimate of drug-likeness (QED) is 0.832. The number of rotatable bonds is 4. The molecule has 1 aromatic rings. The molecule has 2 aliphatic rings. The Labute approximate surface area is 96.1 Å². The van der Waals surface area contributed by atoms with Crippen LogP contribution in [0.4, 0.5) is 5.82 Å². The van der Waals surface area contributed by atoms with Gasteiger partial charge in [-0.1, -0.05) is 6.07 Å². The van der Waals surface area contributed by atoms with Crippen molar-refractivity contribution in [2.24, 2.45) is 0 Å². The number of aryl methyl sites for hydroxylation is 2. The van der Waals surface area contributed by atoms with Crippen LogP contribution in [0.1, 0.15) is 30.5 Å². The topological polar surface area (TPSA) is 36.4 Å². The van der Waals surface area contributed by atoms with E-state index >= 15 is 0 Å². The molecule has 0 aromatic carbocycles. The average molecular weight is 218 g/mol.